The van der Waals surface area contributed by atoms with E-state index in [-0.39, 0.29) is 18.8 Å². The quantitative estimate of drug-likeness (QED) is 0.364. The molecule has 5 rings (SSSR count). The molecule has 0 amide bonds. The van der Waals surface area contributed by atoms with Crippen molar-refractivity contribution in [1.29, 1.82) is 0 Å². The van der Waals surface area contributed by atoms with Gasteiger partial charge in [0.25, 0.3) is 0 Å². The molecule has 36 heavy (non-hydrogen) atoms. The number of benzene rings is 3. The van der Waals surface area contributed by atoms with Gasteiger partial charge in [0.1, 0.15) is 11.5 Å². The highest BCUT2D eigenvalue weighted by atomic mass is 35.5. The SMILES string of the molecule is CCOC(=O)[C@]12N=C[C@](c3ccc(OC)cc3)(C(=O)C[C@@H]1c1ccc(Cl)cc1)[C@@H]2c1ccc(Cl)cc1. The number of hydrogen-bond donors (Lipinski definition) is 0. The Balaban J connectivity index is 1.79. The van der Waals surface area contributed by atoms with Crippen molar-refractivity contribution in [3.8, 4) is 5.75 Å². The summed E-state index contributed by atoms with van der Waals surface area (Å²) in [5.41, 5.74) is -0.172. The lowest BCUT2D eigenvalue weighted by Gasteiger charge is -2.48. The molecular weight excluding hydrogens is 497 g/mol. The number of aliphatic imine (C=N–C) groups is 1. The number of nitrogens with zero attached hydrogens (tertiary/aromatic N) is 1. The van der Waals surface area contributed by atoms with Crippen molar-refractivity contribution in [2.24, 2.45) is 4.99 Å². The number of ketones is 1. The van der Waals surface area contributed by atoms with Crippen LogP contribution in [0, 0.1) is 0 Å². The topological polar surface area (TPSA) is 65.0 Å². The number of esters is 1. The summed E-state index contributed by atoms with van der Waals surface area (Å²) in [6.45, 7) is 1.97. The summed E-state index contributed by atoms with van der Waals surface area (Å²) < 4.78 is 11.0. The van der Waals surface area contributed by atoms with Crippen LogP contribution in [0.2, 0.25) is 10.0 Å². The Morgan fingerprint density at radius 1 is 0.944 bits per heavy atom. The Morgan fingerprint density at radius 3 is 2.08 bits per heavy atom. The van der Waals surface area contributed by atoms with E-state index in [1.54, 1.807) is 44.5 Å². The number of fused-ring (bicyclic) bond motifs is 2. The van der Waals surface area contributed by atoms with Crippen LogP contribution in [0.5, 0.6) is 5.75 Å². The zero-order valence-electron chi connectivity index (χ0n) is 19.9. The van der Waals surface area contributed by atoms with Gasteiger partial charge in [-0.1, -0.05) is 59.6 Å². The molecule has 2 aliphatic rings. The van der Waals surface area contributed by atoms with Gasteiger partial charge in [-0.05, 0) is 60.0 Å². The van der Waals surface area contributed by atoms with E-state index in [1.165, 1.54) is 0 Å². The number of methoxy groups -OCH3 is 1. The lowest BCUT2D eigenvalue weighted by Crippen LogP contribution is -2.59. The molecule has 3 aromatic carbocycles. The largest absolute Gasteiger partial charge is 0.497 e. The van der Waals surface area contributed by atoms with Gasteiger partial charge in [0.2, 0.25) is 0 Å². The van der Waals surface area contributed by atoms with Crippen molar-refractivity contribution in [2.45, 2.75) is 36.1 Å². The second kappa shape index (κ2) is 9.38. The second-order valence-electron chi connectivity index (χ2n) is 9.12. The molecule has 1 heterocycles. The average Bonchev–Trinajstić information content (AvgIpc) is 3.20. The van der Waals surface area contributed by atoms with E-state index >= 15 is 0 Å². The Hall–Kier alpha value is -3.15. The third-order valence-corrected chi connectivity index (χ3v) is 7.91. The van der Waals surface area contributed by atoms with Crippen molar-refractivity contribution < 1.29 is 19.1 Å². The summed E-state index contributed by atoms with van der Waals surface area (Å²) in [5, 5.41) is 1.13. The Morgan fingerprint density at radius 2 is 1.53 bits per heavy atom. The summed E-state index contributed by atoms with van der Waals surface area (Å²) >= 11 is 12.4. The lowest BCUT2D eigenvalue weighted by molar-refractivity contribution is -0.153. The van der Waals surface area contributed by atoms with Crippen LogP contribution in [0.4, 0.5) is 0 Å². The van der Waals surface area contributed by atoms with E-state index in [0.29, 0.717) is 15.8 Å². The van der Waals surface area contributed by atoms with Gasteiger partial charge in [-0.2, -0.15) is 0 Å². The molecule has 3 aromatic rings. The molecule has 7 heteroatoms. The summed E-state index contributed by atoms with van der Waals surface area (Å²) in [5.74, 6) is -0.978. The fraction of sp³-hybridized carbons (Fsp3) is 0.276. The van der Waals surface area contributed by atoms with E-state index in [9.17, 15) is 9.59 Å². The summed E-state index contributed by atoms with van der Waals surface area (Å²) in [6, 6.07) is 21.9. The predicted molar refractivity (Wildman–Crippen MR) is 141 cm³/mol. The van der Waals surface area contributed by atoms with Crippen LogP contribution in [-0.2, 0) is 19.7 Å². The first kappa shape index (κ1) is 24.5. The van der Waals surface area contributed by atoms with Gasteiger partial charge in [-0.3, -0.25) is 9.79 Å². The first-order valence-electron chi connectivity index (χ1n) is 11.8. The van der Waals surface area contributed by atoms with Crippen LogP contribution in [0.25, 0.3) is 0 Å². The maximum absolute atomic E-state index is 14.2. The molecule has 2 bridgehead atoms. The molecule has 4 atom stereocenters. The minimum absolute atomic E-state index is 0.0197. The van der Waals surface area contributed by atoms with Crippen molar-refractivity contribution in [3.05, 3.63) is 99.5 Å². The Labute approximate surface area is 220 Å². The maximum Gasteiger partial charge on any atom is 0.335 e. The molecule has 0 N–H and O–H groups in total. The molecule has 0 aromatic heterocycles. The predicted octanol–water partition coefficient (Wildman–Crippen LogP) is 6.17. The third-order valence-electron chi connectivity index (χ3n) is 7.41. The summed E-state index contributed by atoms with van der Waals surface area (Å²) in [6.07, 6.45) is 1.79. The minimum Gasteiger partial charge on any atom is -0.497 e. The number of carbonyl (C=O) groups is 2. The fourth-order valence-corrected chi connectivity index (χ4v) is 6.06. The third kappa shape index (κ3) is 3.64. The second-order valence-corrected chi connectivity index (χ2v) is 9.99. The van der Waals surface area contributed by atoms with Gasteiger partial charge in [0, 0.05) is 34.5 Å². The maximum atomic E-state index is 14.2. The molecule has 184 valence electrons. The normalized spacial score (nSPS) is 26.6. The number of Topliss-reactive ketones (excluding diaryl/α,β-unsaturated/α-hetero) is 1. The molecule has 1 aliphatic heterocycles. The van der Waals surface area contributed by atoms with Gasteiger partial charge in [-0.25, -0.2) is 4.79 Å². The van der Waals surface area contributed by atoms with E-state index in [0.717, 1.165) is 16.7 Å². The molecule has 0 radical (unpaired) electrons. The highest BCUT2D eigenvalue weighted by molar-refractivity contribution is 6.30. The standard InChI is InChI=1S/C29H25Cl2NO4/c1-3-36-27(34)29-24(18-4-10-21(30)11-5-18)16-25(33)28(17-32-29,20-8-14-23(35-2)15-9-20)26(29)19-6-12-22(31)13-7-19/h4-15,17,24,26H,3,16H2,1-2H3/t24-,26+,28+,29+/m1/s1. The van der Waals surface area contributed by atoms with Gasteiger partial charge >= 0.3 is 5.97 Å². The van der Waals surface area contributed by atoms with Gasteiger partial charge in [-0.15, -0.1) is 0 Å². The number of hydrogen-bond acceptors (Lipinski definition) is 5. The van der Waals surface area contributed by atoms with E-state index < -0.39 is 28.8 Å². The highest BCUT2D eigenvalue weighted by Crippen LogP contribution is 2.62. The van der Waals surface area contributed by atoms with Crippen molar-refractivity contribution in [1.82, 2.24) is 0 Å². The smallest absolute Gasteiger partial charge is 0.335 e. The van der Waals surface area contributed by atoms with E-state index in [1.807, 2.05) is 48.5 Å². The first-order chi connectivity index (χ1) is 17.4. The Bertz CT molecular complexity index is 1320. The molecular formula is C29H25Cl2NO4. The van der Waals surface area contributed by atoms with E-state index in [4.69, 9.17) is 37.7 Å². The molecule has 5 nitrogen and oxygen atoms in total. The zero-order valence-corrected chi connectivity index (χ0v) is 21.4. The van der Waals surface area contributed by atoms with Crippen LogP contribution in [0.15, 0.2) is 77.8 Å². The van der Waals surface area contributed by atoms with Gasteiger partial charge < -0.3 is 9.47 Å². The highest BCUT2D eigenvalue weighted by Gasteiger charge is 2.70. The minimum atomic E-state index is -1.36. The van der Waals surface area contributed by atoms with E-state index in [2.05, 4.69) is 0 Å². The lowest BCUT2D eigenvalue weighted by atomic mass is 9.51. The van der Waals surface area contributed by atoms with Crippen LogP contribution in [0.1, 0.15) is 41.9 Å². The van der Waals surface area contributed by atoms with Crippen LogP contribution >= 0.6 is 23.2 Å². The number of carbonyl (C=O) groups excluding carboxylic acids is 2. The van der Waals surface area contributed by atoms with Crippen molar-refractivity contribution >= 4 is 41.2 Å². The monoisotopic (exact) mass is 521 g/mol. The van der Waals surface area contributed by atoms with Crippen LogP contribution in [-0.4, -0.2) is 37.2 Å². The van der Waals surface area contributed by atoms with Gasteiger partial charge in [0.05, 0.1) is 19.1 Å². The fourth-order valence-electron chi connectivity index (χ4n) is 5.81. The molecule has 1 fully saturated rings. The number of ether oxygens (including phenoxy) is 2. The van der Waals surface area contributed by atoms with Crippen LogP contribution in [0.3, 0.4) is 0 Å². The summed E-state index contributed by atoms with van der Waals surface area (Å²) in [4.78, 5) is 33.1. The van der Waals surface area contributed by atoms with Crippen molar-refractivity contribution in [2.75, 3.05) is 13.7 Å². The molecule has 0 spiro atoms. The molecule has 0 saturated heterocycles. The molecule has 1 saturated carbocycles. The number of rotatable bonds is 6. The summed E-state index contributed by atoms with van der Waals surface area (Å²) in [7, 11) is 1.59. The van der Waals surface area contributed by atoms with Gasteiger partial charge in [0.15, 0.2) is 5.54 Å². The molecule has 0 unspecified atom stereocenters. The van der Waals surface area contributed by atoms with Crippen molar-refractivity contribution in [3.63, 3.8) is 0 Å². The Kier molecular flexibility index (Phi) is 6.39. The first-order valence-corrected chi connectivity index (χ1v) is 12.5. The van der Waals surface area contributed by atoms with Crippen LogP contribution < -0.4 is 4.74 Å². The number of halogens is 2. The zero-order chi connectivity index (χ0) is 25.5. The average molecular weight is 522 g/mol. The molecule has 1 aliphatic carbocycles.